The average Bonchev–Trinajstić information content (AvgIpc) is 2.80. The van der Waals surface area contributed by atoms with Crippen molar-refractivity contribution >= 4 is 0 Å². The van der Waals surface area contributed by atoms with Gasteiger partial charge in [0.05, 0.1) is 12.2 Å². The molecule has 0 aliphatic rings. The largest absolute Gasteiger partial charge is 0.329 e. The van der Waals surface area contributed by atoms with Crippen LogP contribution in [-0.2, 0) is 13.6 Å². The lowest BCUT2D eigenvalue weighted by molar-refractivity contribution is 0.236. The van der Waals surface area contributed by atoms with Crippen LogP contribution in [-0.4, -0.2) is 28.3 Å². The number of nitrogens with two attached hydrogens (primary N) is 1. The Labute approximate surface area is 116 Å². The first kappa shape index (κ1) is 14.6. The van der Waals surface area contributed by atoms with Crippen LogP contribution in [0.25, 0.3) is 0 Å². The van der Waals surface area contributed by atoms with Gasteiger partial charge in [0.15, 0.2) is 0 Å². The molecule has 0 fully saturated rings. The Morgan fingerprint density at radius 1 is 1.40 bits per heavy atom. The van der Waals surface area contributed by atoms with Gasteiger partial charge in [-0.3, -0.25) is 9.58 Å². The quantitative estimate of drug-likeness (QED) is 0.909. The van der Waals surface area contributed by atoms with E-state index in [2.05, 4.69) is 5.10 Å². The number of benzene rings is 1. The number of hydrogen-bond donors (Lipinski definition) is 1. The molecule has 20 heavy (non-hydrogen) atoms. The van der Waals surface area contributed by atoms with Crippen LogP contribution in [0.3, 0.4) is 0 Å². The summed E-state index contributed by atoms with van der Waals surface area (Å²) in [5, 5.41) is 4.08. The van der Waals surface area contributed by atoms with E-state index in [1.165, 1.54) is 6.07 Å². The van der Waals surface area contributed by atoms with Crippen molar-refractivity contribution in [3.8, 4) is 0 Å². The summed E-state index contributed by atoms with van der Waals surface area (Å²) in [6.07, 6.45) is 3.62. The summed E-state index contributed by atoms with van der Waals surface area (Å²) in [5.41, 5.74) is 7.00. The zero-order chi connectivity index (χ0) is 14.7. The molecule has 1 atom stereocenters. The Balaban J connectivity index is 2.20. The van der Waals surface area contributed by atoms with E-state index in [9.17, 15) is 8.78 Å². The number of hydrogen-bond acceptors (Lipinski definition) is 3. The fourth-order valence-electron chi connectivity index (χ4n) is 2.27. The first-order valence-electron chi connectivity index (χ1n) is 6.34. The molecular weight excluding hydrogens is 262 g/mol. The smallest absolute Gasteiger partial charge is 0.128 e. The van der Waals surface area contributed by atoms with E-state index < -0.39 is 11.6 Å². The maximum absolute atomic E-state index is 13.8. The predicted molar refractivity (Wildman–Crippen MR) is 72.8 cm³/mol. The zero-order valence-corrected chi connectivity index (χ0v) is 11.6. The summed E-state index contributed by atoms with van der Waals surface area (Å²) in [7, 11) is 3.66. The minimum Gasteiger partial charge on any atom is -0.329 e. The lowest BCUT2D eigenvalue weighted by Gasteiger charge is -2.27. The van der Waals surface area contributed by atoms with E-state index in [-0.39, 0.29) is 18.2 Å². The maximum Gasteiger partial charge on any atom is 0.128 e. The molecule has 0 aliphatic heterocycles. The molecule has 0 saturated carbocycles. The Morgan fingerprint density at radius 3 is 2.75 bits per heavy atom. The molecule has 2 aromatic rings. The van der Waals surface area contributed by atoms with Gasteiger partial charge in [-0.25, -0.2) is 8.78 Å². The second kappa shape index (κ2) is 6.11. The molecule has 0 amide bonds. The Bertz CT molecular complexity index is 582. The fourth-order valence-corrected chi connectivity index (χ4v) is 2.27. The van der Waals surface area contributed by atoms with Gasteiger partial charge >= 0.3 is 0 Å². The molecule has 108 valence electrons. The zero-order valence-electron chi connectivity index (χ0n) is 11.6. The molecule has 0 saturated heterocycles. The van der Waals surface area contributed by atoms with Crippen LogP contribution < -0.4 is 5.73 Å². The van der Waals surface area contributed by atoms with Gasteiger partial charge < -0.3 is 5.73 Å². The van der Waals surface area contributed by atoms with Crippen molar-refractivity contribution in [1.82, 2.24) is 14.7 Å². The van der Waals surface area contributed by atoms with Crippen molar-refractivity contribution < 1.29 is 8.78 Å². The molecular formula is C14H18F2N4. The molecule has 1 aromatic carbocycles. The average molecular weight is 280 g/mol. The second-order valence-corrected chi connectivity index (χ2v) is 4.85. The van der Waals surface area contributed by atoms with Crippen molar-refractivity contribution in [2.45, 2.75) is 12.6 Å². The van der Waals surface area contributed by atoms with Crippen molar-refractivity contribution in [3.63, 3.8) is 0 Å². The third-order valence-electron chi connectivity index (χ3n) is 3.26. The normalized spacial score (nSPS) is 12.9. The Hall–Kier alpha value is -1.79. The number of halogens is 2. The third kappa shape index (κ3) is 3.20. The molecule has 2 rings (SSSR count). The predicted octanol–water partition coefficient (Wildman–Crippen LogP) is 1.83. The SMILES string of the molecule is CN(Cc1cnn(C)c1)C(CN)c1cc(F)ccc1F. The van der Waals surface area contributed by atoms with E-state index in [0.29, 0.717) is 6.54 Å². The standard InChI is InChI=1S/C14H18F2N4/c1-19(8-10-7-18-20(2)9-10)14(6-17)12-5-11(15)3-4-13(12)16/h3-5,7,9,14H,6,8,17H2,1-2H3. The lowest BCUT2D eigenvalue weighted by atomic mass is 10.0. The monoisotopic (exact) mass is 280 g/mol. The van der Waals surface area contributed by atoms with Crippen LogP contribution in [0.2, 0.25) is 0 Å². The highest BCUT2D eigenvalue weighted by atomic mass is 19.1. The van der Waals surface area contributed by atoms with Gasteiger partial charge in [-0.1, -0.05) is 0 Å². The molecule has 0 spiro atoms. The summed E-state index contributed by atoms with van der Waals surface area (Å²) in [4.78, 5) is 1.88. The van der Waals surface area contributed by atoms with E-state index in [1.807, 2.05) is 25.2 Å². The van der Waals surface area contributed by atoms with Crippen molar-refractivity contribution in [1.29, 1.82) is 0 Å². The van der Waals surface area contributed by atoms with Crippen LogP contribution in [0.15, 0.2) is 30.6 Å². The van der Waals surface area contributed by atoms with E-state index in [4.69, 9.17) is 5.73 Å². The molecule has 1 aromatic heterocycles. The molecule has 2 N–H and O–H groups in total. The highest BCUT2D eigenvalue weighted by molar-refractivity contribution is 5.23. The van der Waals surface area contributed by atoms with Crippen LogP contribution in [0, 0.1) is 11.6 Å². The topological polar surface area (TPSA) is 47.1 Å². The van der Waals surface area contributed by atoms with Gasteiger partial charge in [0, 0.05) is 37.5 Å². The maximum atomic E-state index is 13.8. The number of aromatic nitrogens is 2. The van der Waals surface area contributed by atoms with Crippen LogP contribution in [0.1, 0.15) is 17.2 Å². The highest BCUT2D eigenvalue weighted by Gasteiger charge is 2.20. The van der Waals surface area contributed by atoms with Crippen LogP contribution in [0.5, 0.6) is 0 Å². The van der Waals surface area contributed by atoms with Crippen LogP contribution >= 0.6 is 0 Å². The molecule has 1 unspecified atom stereocenters. The van der Waals surface area contributed by atoms with Gasteiger partial charge in [-0.05, 0) is 25.2 Å². The molecule has 6 heteroatoms. The lowest BCUT2D eigenvalue weighted by Crippen LogP contribution is -2.30. The van der Waals surface area contributed by atoms with E-state index in [1.54, 1.807) is 10.9 Å². The summed E-state index contributed by atoms with van der Waals surface area (Å²) in [6, 6.07) is 3.05. The Kier molecular flexibility index (Phi) is 4.46. The molecule has 0 radical (unpaired) electrons. The minimum atomic E-state index is -0.463. The van der Waals surface area contributed by atoms with Crippen LogP contribution in [0.4, 0.5) is 8.78 Å². The van der Waals surface area contributed by atoms with Crippen molar-refractivity contribution in [2.24, 2.45) is 12.8 Å². The van der Waals surface area contributed by atoms with Gasteiger partial charge in [0.1, 0.15) is 11.6 Å². The molecule has 0 bridgehead atoms. The number of rotatable bonds is 5. The highest BCUT2D eigenvalue weighted by Crippen LogP contribution is 2.23. The number of aryl methyl sites for hydroxylation is 1. The summed E-state index contributed by atoms with van der Waals surface area (Å²) < 4.78 is 28.8. The summed E-state index contributed by atoms with van der Waals surface area (Å²) in [6.45, 7) is 0.767. The minimum absolute atomic E-state index is 0.205. The van der Waals surface area contributed by atoms with E-state index >= 15 is 0 Å². The number of nitrogens with zero attached hydrogens (tertiary/aromatic N) is 3. The molecule has 1 heterocycles. The van der Waals surface area contributed by atoms with Gasteiger partial charge in [-0.15, -0.1) is 0 Å². The molecule has 0 aliphatic carbocycles. The first-order chi connectivity index (χ1) is 9.51. The third-order valence-corrected chi connectivity index (χ3v) is 3.26. The van der Waals surface area contributed by atoms with Crippen molar-refractivity contribution in [3.05, 3.63) is 53.4 Å². The Morgan fingerprint density at radius 2 is 2.15 bits per heavy atom. The van der Waals surface area contributed by atoms with Crippen molar-refractivity contribution in [2.75, 3.05) is 13.6 Å². The second-order valence-electron chi connectivity index (χ2n) is 4.85. The fraction of sp³-hybridized carbons (Fsp3) is 0.357. The number of likely N-dealkylation sites (N-methyl/N-ethyl adjacent to an activating group) is 1. The van der Waals surface area contributed by atoms with Gasteiger partial charge in [0.25, 0.3) is 0 Å². The van der Waals surface area contributed by atoms with E-state index in [0.717, 1.165) is 17.7 Å². The van der Waals surface area contributed by atoms with Gasteiger partial charge in [0.2, 0.25) is 0 Å². The first-order valence-corrected chi connectivity index (χ1v) is 6.34. The summed E-state index contributed by atoms with van der Waals surface area (Å²) >= 11 is 0. The molecule has 4 nitrogen and oxygen atoms in total. The summed E-state index contributed by atoms with van der Waals surface area (Å²) in [5.74, 6) is -0.908. The van der Waals surface area contributed by atoms with Gasteiger partial charge in [-0.2, -0.15) is 5.10 Å².